The van der Waals surface area contributed by atoms with Crippen molar-refractivity contribution in [2.75, 3.05) is 12.4 Å². The largest absolute Gasteiger partial charge is 0.481 e. The minimum absolute atomic E-state index is 0.252. The lowest BCUT2D eigenvalue weighted by Gasteiger charge is -2.06. The molecule has 0 aliphatic heterocycles. The van der Waals surface area contributed by atoms with Crippen molar-refractivity contribution in [3.63, 3.8) is 0 Å². The molecule has 0 saturated carbocycles. The number of nitrogens with one attached hydrogen (secondary N) is 1. The van der Waals surface area contributed by atoms with Crippen LogP contribution in [-0.4, -0.2) is 27.6 Å². The van der Waals surface area contributed by atoms with E-state index in [4.69, 9.17) is 4.74 Å². The van der Waals surface area contributed by atoms with Crippen molar-refractivity contribution in [3.05, 3.63) is 55.5 Å². The third kappa shape index (κ3) is 2.54. The average Bonchev–Trinajstić information content (AvgIpc) is 2.98. The van der Waals surface area contributed by atoms with Gasteiger partial charge in [-0.25, -0.2) is 9.97 Å². The number of ether oxygens (including phenoxy) is 1. The first kappa shape index (κ1) is 13.8. The fraction of sp³-hybridized carbons (Fsp3) is 0.0625. The number of pyridine rings is 1. The molecule has 0 unspecified atom stereocenters. The van der Waals surface area contributed by atoms with Crippen LogP contribution in [0.25, 0.3) is 16.7 Å². The van der Waals surface area contributed by atoms with Crippen LogP contribution in [0.15, 0.2) is 55.5 Å². The quantitative estimate of drug-likeness (QED) is 0.751. The Hall–Kier alpha value is -3.15. The smallest absolute Gasteiger partial charge is 0.247 e. The summed E-state index contributed by atoms with van der Waals surface area (Å²) in [5.41, 5.74) is 3.25. The third-order valence-corrected chi connectivity index (χ3v) is 3.21. The normalized spacial score (nSPS) is 10.4. The average molecular weight is 294 g/mol. The minimum atomic E-state index is -0.252. The molecule has 0 aliphatic carbocycles. The first-order valence-electron chi connectivity index (χ1n) is 6.62. The van der Waals surface area contributed by atoms with Gasteiger partial charge in [0.1, 0.15) is 6.33 Å². The molecule has 6 nitrogen and oxygen atoms in total. The van der Waals surface area contributed by atoms with Gasteiger partial charge in [-0.1, -0.05) is 6.58 Å². The summed E-state index contributed by atoms with van der Waals surface area (Å²) >= 11 is 0. The molecule has 0 radical (unpaired) electrons. The Balaban J connectivity index is 1.97. The van der Waals surface area contributed by atoms with Gasteiger partial charge in [-0.2, -0.15) is 0 Å². The summed E-state index contributed by atoms with van der Waals surface area (Å²) in [6.07, 6.45) is 4.66. The maximum atomic E-state index is 11.3. The van der Waals surface area contributed by atoms with Gasteiger partial charge in [-0.3, -0.25) is 9.36 Å². The molecule has 3 aromatic rings. The summed E-state index contributed by atoms with van der Waals surface area (Å²) in [7, 11) is 1.58. The fourth-order valence-corrected chi connectivity index (χ4v) is 2.13. The van der Waals surface area contributed by atoms with Gasteiger partial charge >= 0.3 is 0 Å². The van der Waals surface area contributed by atoms with Crippen LogP contribution in [0, 0.1) is 0 Å². The van der Waals surface area contributed by atoms with Gasteiger partial charge in [0.15, 0.2) is 0 Å². The zero-order valence-electron chi connectivity index (χ0n) is 12.0. The fourth-order valence-electron chi connectivity index (χ4n) is 2.13. The van der Waals surface area contributed by atoms with Crippen molar-refractivity contribution in [2.45, 2.75) is 0 Å². The van der Waals surface area contributed by atoms with Crippen molar-refractivity contribution in [2.24, 2.45) is 0 Å². The molecule has 2 aromatic heterocycles. The van der Waals surface area contributed by atoms with E-state index in [0.29, 0.717) is 11.6 Å². The van der Waals surface area contributed by atoms with E-state index in [1.807, 2.05) is 28.8 Å². The topological polar surface area (TPSA) is 69.0 Å². The highest BCUT2D eigenvalue weighted by Gasteiger charge is 2.07. The molecule has 1 N–H and O–H groups in total. The molecular formula is C16H14N4O2. The first-order chi connectivity index (χ1) is 10.7. The van der Waals surface area contributed by atoms with Crippen LogP contribution >= 0.6 is 0 Å². The highest BCUT2D eigenvalue weighted by atomic mass is 16.5. The summed E-state index contributed by atoms with van der Waals surface area (Å²) in [6.45, 7) is 3.43. The number of anilines is 1. The zero-order valence-corrected chi connectivity index (χ0v) is 12.0. The Kier molecular flexibility index (Phi) is 3.57. The maximum absolute atomic E-state index is 11.3. The number of imidazole rings is 1. The van der Waals surface area contributed by atoms with Crippen LogP contribution in [0.3, 0.4) is 0 Å². The number of hydrogen-bond acceptors (Lipinski definition) is 4. The van der Waals surface area contributed by atoms with Gasteiger partial charge in [0, 0.05) is 11.8 Å². The summed E-state index contributed by atoms with van der Waals surface area (Å²) in [5.74, 6) is 0.306. The van der Waals surface area contributed by atoms with Crippen LogP contribution in [0.5, 0.6) is 5.88 Å². The number of aromatic nitrogens is 3. The molecule has 0 fully saturated rings. The second kappa shape index (κ2) is 5.69. The molecule has 110 valence electrons. The van der Waals surface area contributed by atoms with E-state index in [1.54, 1.807) is 25.7 Å². The van der Waals surface area contributed by atoms with Gasteiger partial charge in [0.05, 0.1) is 30.0 Å². The van der Waals surface area contributed by atoms with E-state index in [1.165, 1.54) is 6.08 Å². The van der Waals surface area contributed by atoms with Crippen LogP contribution in [0.1, 0.15) is 0 Å². The Morgan fingerprint density at radius 3 is 2.86 bits per heavy atom. The molecule has 1 amide bonds. The van der Waals surface area contributed by atoms with Gasteiger partial charge in [-0.15, -0.1) is 0 Å². The van der Waals surface area contributed by atoms with E-state index in [2.05, 4.69) is 21.9 Å². The molecule has 0 atom stereocenters. The minimum Gasteiger partial charge on any atom is -0.481 e. The highest BCUT2D eigenvalue weighted by Crippen LogP contribution is 2.22. The lowest BCUT2D eigenvalue weighted by Crippen LogP contribution is -2.06. The van der Waals surface area contributed by atoms with Crippen LogP contribution in [-0.2, 0) is 4.79 Å². The number of carbonyl (C=O) groups excluding carboxylic acids is 1. The van der Waals surface area contributed by atoms with Crippen molar-refractivity contribution < 1.29 is 9.53 Å². The second-order valence-corrected chi connectivity index (χ2v) is 4.57. The number of carbonyl (C=O) groups is 1. The van der Waals surface area contributed by atoms with Crippen molar-refractivity contribution in [1.82, 2.24) is 14.5 Å². The summed E-state index contributed by atoms with van der Waals surface area (Å²) in [5, 5.41) is 2.71. The number of rotatable bonds is 4. The number of benzene rings is 1. The van der Waals surface area contributed by atoms with Crippen molar-refractivity contribution in [3.8, 4) is 11.6 Å². The first-order valence-corrected chi connectivity index (χ1v) is 6.62. The van der Waals surface area contributed by atoms with E-state index < -0.39 is 0 Å². The molecule has 0 bridgehead atoms. The molecule has 0 saturated heterocycles. The predicted molar refractivity (Wildman–Crippen MR) is 84.2 cm³/mol. The lowest BCUT2D eigenvalue weighted by atomic mass is 10.2. The van der Waals surface area contributed by atoms with Gasteiger partial charge in [0.25, 0.3) is 0 Å². The predicted octanol–water partition coefficient (Wildman–Crippen LogP) is 2.55. The highest BCUT2D eigenvalue weighted by molar-refractivity contribution is 6.00. The van der Waals surface area contributed by atoms with E-state index in [0.717, 1.165) is 16.7 Å². The molecule has 3 rings (SSSR count). The van der Waals surface area contributed by atoms with Gasteiger partial charge in [0.2, 0.25) is 11.8 Å². The number of hydrogen-bond donors (Lipinski definition) is 1. The Morgan fingerprint density at radius 1 is 1.32 bits per heavy atom. The summed E-state index contributed by atoms with van der Waals surface area (Å²) in [6, 6.07) is 9.22. The standard InChI is InChI=1S/C16H14N4O2/c1-3-15(21)19-11-4-6-14-13(8-11)18-10-20(14)12-5-7-16(22-2)17-9-12/h3-10H,1H2,2H3,(H,19,21). The molecule has 2 heterocycles. The number of nitrogens with zero attached hydrogens (tertiary/aromatic N) is 3. The molecule has 0 spiro atoms. The van der Waals surface area contributed by atoms with E-state index in [-0.39, 0.29) is 5.91 Å². The number of fused-ring (bicyclic) bond motifs is 1. The number of amides is 1. The lowest BCUT2D eigenvalue weighted by molar-refractivity contribution is -0.111. The SMILES string of the molecule is C=CC(=O)Nc1ccc2c(c1)ncn2-c1ccc(OC)nc1. The summed E-state index contributed by atoms with van der Waals surface area (Å²) in [4.78, 5) is 19.9. The molecular weight excluding hydrogens is 280 g/mol. The maximum Gasteiger partial charge on any atom is 0.247 e. The van der Waals surface area contributed by atoms with Crippen LogP contribution in [0.2, 0.25) is 0 Å². The monoisotopic (exact) mass is 294 g/mol. The van der Waals surface area contributed by atoms with Gasteiger partial charge in [-0.05, 0) is 30.3 Å². The molecule has 22 heavy (non-hydrogen) atoms. The van der Waals surface area contributed by atoms with Crippen LogP contribution in [0.4, 0.5) is 5.69 Å². The number of methoxy groups -OCH3 is 1. The third-order valence-electron chi connectivity index (χ3n) is 3.21. The van der Waals surface area contributed by atoms with E-state index in [9.17, 15) is 4.79 Å². The second-order valence-electron chi connectivity index (χ2n) is 4.57. The van der Waals surface area contributed by atoms with Gasteiger partial charge < -0.3 is 10.1 Å². The Labute approximate surface area is 127 Å². The van der Waals surface area contributed by atoms with Crippen molar-refractivity contribution in [1.29, 1.82) is 0 Å². The van der Waals surface area contributed by atoms with Crippen LogP contribution < -0.4 is 10.1 Å². The zero-order chi connectivity index (χ0) is 15.5. The molecule has 6 heteroatoms. The molecule has 0 aliphatic rings. The van der Waals surface area contributed by atoms with E-state index >= 15 is 0 Å². The molecule has 1 aromatic carbocycles. The Bertz CT molecular complexity index is 837. The van der Waals surface area contributed by atoms with Crippen molar-refractivity contribution >= 4 is 22.6 Å². The Morgan fingerprint density at radius 2 is 2.18 bits per heavy atom. The summed E-state index contributed by atoms with van der Waals surface area (Å²) < 4.78 is 6.97.